The summed E-state index contributed by atoms with van der Waals surface area (Å²) < 4.78 is 28.5. The maximum absolute atomic E-state index is 12.3. The molecule has 0 unspecified atom stereocenters. The first-order chi connectivity index (χ1) is 9.95. The van der Waals surface area contributed by atoms with Crippen LogP contribution in [0.3, 0.4) is 0 Å². The van der Waals surface area contributed by atoms with E-state index in [1.54, 1.807) is 23.5 Å². The van der Waals surface area contributed by atoms with E-state index in [2.05, 4.69) is 4.72 Å². The Morgan fingerprint density at radius 3 is 2.71 bits per heavy atom. The van der Waals surface area contributed by atoms with E-state index in [-0.39, 0.29) is 9.20 Å². The molecule has 2 heterocycles. The fourth-order valence-corrected chi connectivity index (χ4v) is 5.00. The highest BCUT2D eigenvalue weighted by molar-refractivity contribution is 7.94. The Morgan fingerprint density at radius 1 is 1.19 bits per heavy atom. The summed E-state index contributed by atoms with van der Waals surface area (Å²) in [5, 5.41) is 2.98. The van der Waals surface area contributed by atoms with Gasteiger partial charge in [-0.15, -0.1) is 22.7 Å². The second-order valence-corrected chi connectivity index (χ2v) is 8.64. The first kappa shape index (κ1) is 14.5. The molecule has 0 amide bonds. The Bertz CT molecular complexity index is 924. The highest BCUT2D eigenvalue weighted by Gasteiger charge is 2.17. The predicted molar refractivity (Wildman–Crippen MR) is 92.8 cm³/mol. The van der Waals surface area contributed by atoms with Crippen LogP contribution in [0.15, 0.2) is 46.0 Å². The average molecular weight is 355 g/mol. The summed E-state index contributed by atoms with van der Waals surface area (Å²) in [5.41, 5.74) is 6.03. The lowest BCUT2D eigenvalue weighted by atomic mass is 10.2. The predicted octanol–water partition coefficient (Wildman–Crippen LogP) is 3.40. The van der Waals surface area contributed by atoms with Crippen LogP contribution >= 0.6 is 34.9 Å². The molecule has 0 saturated heterocycles. The molecule has 0 bridgehead atoms. The lowest BCUT2D eigenvalue weighted by Gasteiger charge is -2.06. The van der Waals surface area contributed by atoms with Crippen LogP contribution < -0.4 is 10.5 Å². The van der Waals surface area contributed by atoms with Crippen LogP contribution in [0, 0.1) is 0 Å². The average Bonchev–Trinajstić information content (AvgIpc) is 3.07. The number of nitrogens with one attached hydrogen (secondary N) is 1. The van der Waals surface area contributed by atoms with Gasteiger partial charge in [0, 0.05) is 10.4 Å². The fraction of sp³-hybridized carbons (Fsp3) is 0. The van der Waals surface area contributed by atoms with Crippen molar-refractivity contribution in [2.24, 2.45) is 5.73 Å². The van der Waals surface area contributed by atoms with E-state index in [1.807, 2.05) is 23.6 Å². The zero-order valence-corrected chi connectivity index (χ0v) is 13.8. The molecule has 108 valence electrons. The van der Waals surface area contributed by atoms with Crippen LogP contribution in [-0.2, 0) is 10.0 Å². The molecule has 3 aromatic rings. The molecule has 3 rings (SSSR count). The Morgan fingerprint density at radius 2 is 2.00 bits per heavy atom. The number of nitrogens with two attached hydrogens (primary N) is 1. The summed E-state index contributed by atoms with van der Waals surface area (Å²) in [6.45, 7) is 0. The number of anilines is 1. The molecule has 0 fully saturated rings. The quantitative estimate of drug-likeness (QED) is 0.705. The number of hydrogen-bond donors (Lipinski definition) is 2. The maximum Gasteiger partial charge on any atom is 0.271 e. The first-order valence-electron chi connectivity index (χ1n) is 5.85. The Labute approximate surface area is 135 Å². The van der Waals surface area contributed by atoms with Crippen molar-refractivity contribution in [3.05, 3.63) is 46.7 Å². The van der Waals surface area contributed by atoms with Gasteiger partial charge in [-0.2, -0.15) is 0 Å². The Kier molecular flexibility index (Phi) is 3.70. The molecule has 0 spiro atoms. The molecule has 0 aliphatic rings. The standard InChI is InChI=1S/C13H10N2O2S4/c14-13(18)11-3-4-12(20-11)21(16,17)15-9-1-2-10-8(7-9)5-6-19-10/h1-7,15H,(H2,14,18). The number of rotatable bonds is 4. The summed E-state index contributed by atoms with van der Waals surface area (Å²) in [7, 11) is -3.62. The second kappa shape index (κ2) is 5.38. The van der Waals surface area contributed by atoms with Gasteiger partial charge in [0.2, 0.25) is 0 Å². The van der Waals surface area contributed by atoms with Crippen molar-refractivity contribution >= 4 is 65.7 Å². The van der Waals surface area contributed by atoms with E-state index >= 15 is 0 Å². The maximum atomic E-state index is 12.3. The molecular weight excluding hydrogens is 344 g/mol. The molecule has 0 aliphatic heterocycles. The molecule has 2 aromatic heterocycles. The van der Waals surface area contributed by atoms with Crippen molar-refractivity contribution in [3.8, 4) is 0 Å². The van der Waals surface area contributed by atoms with Gasteiger partial charge >= 0.3 is 0 Å². The van der Waals surface area contributed by atoms with Gasteiger partial charge in [0.15, 0.2) is 0 Å². The summed E-state index contributed by atoms with van der Waals surface area (Å²) in [5.74, 6) is 0. The highest BCUT2D eigenvalue weighted by atomic mass is 32.2. The summed E-state index contributed by atoms with van der Waals surface area (Å²) in [6, 6.07) is 10.5. The van der Waals surface area contributed by atoms with E-state index in [4.69, 9.17) is 18.0 Å². The van der Waals surface area contributed by atoms with Gasteiger partial charge in [0.25, 0.3) is 10.0 Å². The van der Waals surface area contributed by atoms with Crippen LogP contribution in [0.1, 0.15) is 4.88 Å². The Hall–Kier alpha value is -1.48. The largest absolute Gasteiger partial charge is 0.389 e. The molecule has 8 heteroatoms. The van der Waals surface area contributed by atoms with Crippen molar-refractivity contribution < 1.29 is 8.42 Å². The van der Waals surface area contributed by atoms with E-state index in [0.717, 1.165) is 21.4 Å². The molecule has 4 nitrogen and oxygen atoms in total. The van der Waals surface area contributed by atoms with Gasteiger partial charge < -0.3 is 5.73 Å². The summed E-state index contributed by atoms with van der Waals surface area (Å²) >= 11 is 7.52. The zero-order chi connectivity index (χ0) is 15.0. The minimum absolute atomic E-state index is 0.190. The van der Waals surface area contributed by atoms with Crippen molar-refractivity contribution in [2.45, 2.75) is 4.21 Å². The van der Waals surface area contributed by atoms with Crippen molar-refractivity contribution in [2.75, 3.05) is 4.72 Å². The number of benzene rings is 1. The fourth-order valence-electron chi connectivity index (χ4n) is 1.83. The van der Waals surface area contributed by atoms with E-state index < -0.39 is 10.0 Å². The number of hydrogen-bond acceptors (Lipinski definition) is 5. The number of fused-ring (bicyclic) bond motifs is 1. The molecule has 0 aliphatic carbocycles. The lowest BCUT2D eigenvalue weighted by molar-refractivity contribution is 0.603. The second-order valence-electron chi connectivity index (χ2n) is 4.26. The number of thiophene rings is 2. The van der Waals surface area contributed by atoms with Gasteiger partial charge in [-0.3, -0.25) is 4.72 Å². The molecular formula is C13H10N2O2S4. The monoisotopic (exact) mass is 354 g/mol. The van der Waals surface area contributed by atoms with Gasteiger partial charge in [0.1, 0.15) is 9.20 Å². The molecule has 3 N–H and O–H groups in total. The number of sulfonamides is 1. The molecule has 0 atom stereocenters. The molecule has 21 heavy (non-hydrogen) atoms. The van der Waals surface area contributed by atoms with Crippen LogP contribution in [0.25, 0.3) is 10.1 Å². The third kappa shape index (κ3) is 2.93. The minimum atomic E-state index is -3.62. The lowest BCUT2D eigenvalue weighted by Crippen LogP contribution is -2.11. The van der Waals surface area contributed by atoms with E-state index in [0.29, 0.717) is 10.6 Å². The third-order valence-electron chi connectivity index (χ3n) is 2.79. The smallest absolute Gasteiger partial charge is 0.271 e. The number of thiocarbonyl (C=S) groups is 1. The highest BCUT2D eigenvalue weighted by Crippen LogP contribution is 2.27. The Balaban J connectivity index is 1.92. The third-order valence-corrected chi connectivity index (χ3v) is 7.03. The van der Waals surface area contributed by atoms with Gasteiger partial charge in [-0.1, -0.05) is 12.2 Å². The summed E-state index contributed by atoms with van der Waals surface area (Å²) in [4.78, 5) is 0.778. The van der Waals surface area contributed by atoms with Crippen LogP contribution in [0.5, 0.6) is 0 Å². The van der Waals surface area contributed by atoms with Crippen LogP contribution in [-0.4, -0.2) is 13.4 Å². The van der Waals surface area contributed by atoms with Gasteiger partial charge in [0.05, 0.1) is 4.88 Å². The van der Waals surface area contributed by atoms with Crippen molar-refractivity contribution in [1.29, 1.82) is 0 Å². The minimum Gasteiger partial charge on any atom is -0.389 e. The molecule has 1 aromatic carbocycles. The van der Waals surface area contributed by atoms with Gasteiger partial charge in [-0.25, -0.2) is 8.42 Å². The van der Waals surface area contributed by atoms with Crippen LogP contribution in [0.4, 0.5) is 5.69 Å². The molecule has 0 radical (unpaired) electrons. The van der Waals surface area contributed by atoms with Crippen molar-refractivity contribution in [3.63, 3.8) is 0 Å². The zero-order valence-electron chi connectivity index (χ0n) is 10.6. The van der Waals surface area contributed by atoms with Crippen LogP contribution in [0.2, 0.25) is 0 Å². The van der Waals surface area contributed by atoms with E-state index in [1.165, 1.54) is 6.07 Å². The topological polar surface area (TPSA) is 72.2 Å². The molecule has 0 saturated carbocycles. The summed E-state index contributed by atoms with van der Waals surface area (Å²) in [6.07, 6.45) is 0. The van der Waals surface area contributed by atoms with E-state index in [9.17, 15) is 8.42 Å². The van der Waals surface area contributed by atoms with Crippen molar-refractivity contribution in [1.82, 2.24) is 0 Å². The normalized spacial score (nSPS) is 11.6. The van der Waals surface area contributed by atoms with Gasteiger partial charge in [-0.05, 0) is 47.2 Å². The SMILES string of the molecule is NC(=S)c1ccc(S(=O)(=O)Nc2ccc3sccc3c2)s1. The first-order valence-corrected chi connectivity index (χ1v) is 9.44.